The van der Waals surface area contributed by atoms with Crippen LogP contribution >= 0.6 is 0 Å². The Morgan fingerprint density at radius 2 is 2.40 bits per heavy atom. The van der Waals surface area contributed by atoms with Gasteiger partial charge in [0.2, 0.25) is 0 Å². The maximum Gasteiger partial charge on any atom is 0.150 e. The molecule has 0 saturated heterocycles. The molecule has 0 amide bonds. The van der Waals surface area contributed by atoms with Gasteiger partial charge in [0.15, 0.2) is 0 Å². The molecule has 0 aliphatic rings. The van der Waals surface area contributed by atoms with Crippen LogP contribution in [0.15, 0.2) is 6.07 Å². The van der Waals surface area contributed by atoms with Gasteiger partial charge in [-0.25, -0.2) is 4.68 Å². The van der Waals surface area contributed by atoms with Gasteiger partial charge in [0.25, 0.3) is 0 Å². The van der Waals surface area contributed by atoms with Crippen LogP contribution in [0.1, 0.15) is 43.8 Å². The van der Waals surface area contributed by atoms with Crippen molar-refractivity contribution in [2.75, 3.05) is 7.11 Å². The molecule has 3 nitrogen and oxygen atoms in total. The molecule has 15 heavy (non-hydrogen) atoms. The summed E-state index contributed by atoms with van der Waals surface area (Å²) in [5, 5.41) is 4.31. The minimum Gasteiger partial charge on any atom is -0.360 e. The van der Waals surface area contributed by atoms with Gasteiger partial charge in [-0.05, 0) is 31.8 Å². The third kappa shape index (κ3) is 2.84. The van der Waals surface area contributed by atoms with Gasteiger partial charge in [0, 0.05) is 12.8 Å². The van der Waals surface area contributed by atoms with Crippen LogP contribution in [-0.4, -0.2) is 16.9 Å². The van der Waals surface area contributed by atoms with Crippen molar-refractivity contribution >= 4 is 0 Å². The first-order valence-corrected chi connectivity index (χ1v) is 5.28. The summed E-state index contributed by atoms with van der Waals surface area (Å²) in [6.45, 7) is 4.15. The quantitative estimate of drug-likeness (QED) is 0.692. The highest BCUT2D eigenvalue weighted by Gasteiger charge is 2.13. The average Bonchev–Trinajstić information content (AvgIpc) is 2.61. The van der Waals surface area contributed by atoms with E-state index in [0.717, 1.165) is 25.0 Å². The second-order valence-corrected chi connectivity index (χ2v) is 3.59. The maximum atomic E-state index is 5.41. The molecule has 1 atom stereocenters. The number of aromatic nitrogens is 2. The van der Waals surface area contributed by atoms with E-state index in [2.05, 4.69) is 17.9 Å². The lowest BCUT2D eigenvalue weighted by Crippen LogP contribution is -2.14. The Balaban J connectivity index is 2.82. The number of hydrogen-bond acceptors (Lipinski definition) is 2. The first-order valence-electron chi connectivity index (χ1n) is 5.28. The number of terminal acetylenes is 1. The summed E-state index contributed by atoms with van der Waals surface area (Å²) in [4.78, 5) is 0. The Bertz CT molecular complexity index is 349. The Labute approximate surface area is 91.4 Å². The SMILES string of the molecule is C#Cc1cc(C)n(C(CCCC)OC)n1. The Kier molecular flexibility index (Phi) is 4.38. The van der Waals surface area contributed by atoms with E-state index >= 15 is 0 Å². The molecule has 1 unspecified atom stereocenters. The molecule has 0 aromatic carbocycles. The lowest BCUT2D eigenvalue weighted by Gasteiger charge is -2.16. The molecule has 82 valence electrons. The van der Waals surface area contributed by atoms with E-state index < -0.39 is 0 Å². The predicted octanol–water partition coefficient (Wildman–Crippen LogP) is 2.51. The lowest BCUT2D eigenvalue weighted by atomic mass is 10.2. The second-order valence-electron chi connectivity index (χ2n) is 3.59. The van der Waals surface area contributed by atoms with Gasteiger partial charge in [-0.1, -0.05) is 13.3 Å². The number of aryl methyl sites for hydroxylation is 1. The number of ether oxygens (including phenoxy) is 1. The van der Waals surface area contributed by atoms with E-state index in [-0.39, 0.29) is 6.23 Å². The Morgan fingerprint density at radius 3 is 2.87 bits per heavy atom. The van der Waals surface area contributed by atoms with Crippen LogP contribution in [0.3, 0.4) is 0 Å². The number of hydrogen-bond donors (Lipinski definition) is 0. The molecule has 1 aromatic heterocycles. The summed E-state index contributed by atoms with van der Waals surface area (Å²) in [7, 11) is 1.71. The van der Waals surface area contributed by atoms with Gasteiger partial charge in [-0.2, -0.15) is 5.10 Å². The first-order chi connectivity index (χ1) is 7.22. The van der Waals surface area contributed by atoms with Crippen molar-refractivity contribution in [3.05, 3.63) is 17.5 Å². The third-order valence-corrected chi connectivity index (χ3v) is 2.42. The molecule has 1 rings (SSSR count). The number of rotatable bonds is 5. The topological polar surface area (TPSA) is 27.1 Å². The molecular weight excluding hydrogens is 188 g/mol. The molecular formula is C12H18N2O. The first kappa shape index (κ1) is 11.8. The monoisotopic (exact) mass is 206 g/mol. The lowest BCUT2D eigenvalue weighted by molar-refractivity contribution is 0.0235. The molecule has 0 bridgehead atoms. The number of nitrogens with zero attached hydrogens (tertiary/aromatic N) is 2. The molecule has 0 spiro atoms. The zero-order valence-electron chi connectivity index (χ0n) is 9.66. The highest BCUT2D eigenvalue weighted by molar-refractivity contribution is 5.25. The molecule has 0 aliphatic carbocycles. The highest BCUT2D eigenvalue weighted by Crippen LogP contribution is 2.17. The minimum atomic E-state index is 0.00653. The summed E-state index contributed by atoms with van der Waals surface area (Å²) in [6, 6.07) is 1.90. The van der Waals surface area contributed by atoms with Crippen LogP contribution in [0.2, 0.25) is 0 Å². The van der Waals surface area contributed by atoms with Crippen LogP contribution in [0.4, 0.5) is 0 Å². The third-order valence-electron chi connectivity index (χ3n) is 2.42. The van der Waals surface area contributed by atoms with Crippen LogP contribution in [0.25, 0.3) is 0 Å². The van der Waals surface area contributed by atoms with Gasteiger partial charge >= 0.3 is 0 Å². The number of methoxy groups -OCH3 is 1. The Hall–Kier alpha value is -1.27. The molecule has 0 saturated carbocycles. The smallest absolute Gasteiger partial charge is 0.150 e. The van der Waals surface area contributed by atoms with E-state index in [0.29, 0.717) is 5.69 Å². The second kappa shape index (κ2) is 5.57. The molecule has 0 N–H and O–H groups in total. The van der Waals surface area contributed by atoms with Crippen molar-refractivity contribution in [2.24, 2.45) is 0 Å². The molecule has 1 aromatic rings. The predicted molar refractivity (Wildman–Crippen MR) is 60.5 cm³/mol. The van der Waals surface area contributed by atoms with E-state index in [9.17, 15) is 0 Å². The fourth-order valence-electron chi connectivity index (χ4n) is 1.57. The summed E-state index contributed by atoms with van der Waals surface area (Å²) in [5.41, 5.74) is 1.72. The van der Waals surface area contributed by atoms with Gasteiger partial charge in [-0.3, -0.25) is 0 Å². The van der Waals surface area contributed by atoms with Gasteiger partial charge in [0.05, 0.1) is 0 Å². The van der Waals surface area contributed by atoms with E-state index in [1.54, 1.807) is 7.11 Å². The molecule has 0 radical (unpaired) electrons. The maximum absolute atomic E-state index is 5.41. The van der Waals surface area contributed by atoms with Crippen molar-refractivity contribution in [1.82, 2.24) is 9.78 Å². The van der Waals surface area contributed by atoms with E-state index in [1.807, 2.05) is 17.7 Å². The zero-order valence-corrected chi connectivity index (χ0v) is 9.66. The van der Waals surface area contributed by atoms with Crippen LogP contribution in [-0.2, 0) is 4.74 Å². The van der Waals surface area contributed by atoms with Gasteiger partial charge in [-0.15, -0.1) is 6.42 Å². The van der Waals surface area contributed by atoms with Crippen molar-refractivity contribution in [3.63, 3.8) is 0 Å². The van der Waals surface area contributed by atoms with Crippen molar-refractivity contribution in [3.8, 4) is 12.3 Å². The molecule has 3 heteroatoms. The van der Waals surface area contributed by atoms with Crippen molar-refractivity contribution in [2.45, 2.75) is 39.3 Å². The zero-order chi connectivity index (χ0) is 11.3. The summed E-state index contributed by atoms with van der Waals surface area (Å²) < 4.78 is 7.27. The Morgan fingerprint density at radius 1 is 1.67 bits per heavy atom. The fraction of sp³-hybridized carbons (Fsp3) is 0.583. The summed E-state index contributed by atoms with van der Waals surface area (Å²) in [6.07, 6.45) is 8.57. The molecule has 1 heterocycles. The minimum absolute atomic E-state index is 0.00653. The average molecular weight is 206 g/mol. The largest absolute Gasteiger partial charge is 0.360 e. The van der Waals surface area contributed by atoms with Crippen LogP contribution in [0.5, 0.6) is 0 Å². The molecule has 0 aliphatic heterocycles. The highest BCUT2D eigenvalue weighted by atomic mass is 16.5. The van der Waals surface area contributed by atoms with Crippen molar-refractivity contribution < 1.29 is 4.74 Å². The number of unbranched alkanes of at least 4 members (excludes halogenated alkanes) is 1. The summed E-state index contributed by atoms with van der Waals surface area (Å²) >= 11 is 0. The standard InChI is InChI=1S/C12H18N2O/c1-5-7-8-12(15-4)14-10(3)9-11(6-2)13-14/h2,9,12H,5,7-8H2,1,3-4H3. The van der Waals surface area contributed by atoms with Gasteiger partial charge in [0.1, 0.15) is 11.9 Å². The fourth-order valence-corrected chi connectivity index (χ4v) is 1.57. The van der Waals surface area contributed by atoms with Crippen LogP contribution < -0.4 is 0 Å². The van der Waals surface area contributed by atoms with Gasteiger partial charge < -0.3 is 4.74 Å². The van der Waals surface area contributed by atoms with Crippen molar-refractivity contribution in [1.29, 1.82) is 0 Å². The van der Waals surface area contributed by atoms with E-state index in [1.165, 1.54) is 0 Å². The van der Waals surface area contributed by atoms with Crippen LogP contribution in [0, 0.1) is 19.3 Å². The molecule has 0 fully saturated rings. The summed E-state index contributed by atoms with van der Waals surface area (Å²) in [5.74, 6) is 2.54. The normalized spacial score (nSPS) is 12.4. The van der Waals surface area contributed by atoms with E-state index in [4.69, 9.17) is 11.2 Å².